The van der Waals surface area contributed by atoms with Crippen LogP contribution in [0.2, 0.25) is 0 Å². The molecule has 0 aliphatic heterocycles. The molecule has 2 rings (SSSR count). The first-order valence-corrected chi connectivity index (χ1v) is 9.18. The molecule has 0 unspecified atom stereocenters. The Balaban J connectivity index is 0.000000240. The number of carbonyl (C=O) groups excluding carboxylic acids is 1. The molecule has 134 valence electrons. The van der Waals surface area contributed by atoms with Crippen molar-refractivity contribution in [1.82, 2.24) is 19.6 Å². The van der Waals surface area contributed by atoms with Gasteiger partial charge in [0, 0.05) is 26.2 Å². The fourth-order valence-electron chi connectivity index (χ4n) is 1.47. The summed E-state index contributed by atoms with van der Waals surface area (Å²) >= 11 is 0. The van der Waals surface area contributed by atoms with Gasteiger partial charge >= 0.3 is 0 Å². The predicted octanol–water partition coefficient (Wildman–Crippen LogP) is -2.56. The minimum absolute atomic E-state index is 0.166. The maximum absolute atomic E-state index is 10.7. The van der Waals surface area contributed by atoms with Crippen LogP contribution in [-0.4, -0.2) is 47.8 Å². The second-order valence-corrected chi connectivity index (χ2v) is 7.51. The Morgan fingerprint density at radius 2 is 1.50 bits per heavy atom. The number of aryl methyl sites for hydroxylation is 2. The molecule has 0 aliphatic rings. The smallest absolute Gasteiger partial charge is 0.257 e. The van der Waals surface area contributed by atoms with E-state index in [0.29, 0.717) is 12.0 Å². The fraction of sp³-hybridized carbons (Fsp3) is 0.300. The van der Waals surface area contributed by atoms with Crippen LogP contribution in [0.1, 0.15) is 16.2 Å². The molecule has 0 atom stereocenters. The second kappa shape index (κ2) is 7.18. The summed E-state index contributed by atoms with van der Waals surface area (Å²) in [4.78, 5) is 10.3. The standard InChI is InChI=1S/C5H9N3O3S.C5H7N3O3S/c2*1-8-4(3-9)2-5(7-8)12(6,10)11/h2,9H,3H2,1H3,(H2,6,10,11);2-3H,1H3,(H2,6,10,11). The normalized spacial score (nSPS) is 11.7. The number of primary sulfonamides is 2. The van der Waals surface area contributed by atoms with E-state index in [4.69, 9.17) is 15.4 Å². The number of hydrogen-bond acceptors (Lipinski definition) is 8. The Morgan fingerprint density at radius 1 is 1.04 bits per heavy atom. The number of carbonyl (C=O) groups is 1. The van der Waals surface area contributed by atoms with Gasteiger partial charge in [-0.15, -0.1) is 0 Å². The SMILES string of the molecule is Cn1nc(S(N)(=O)=O)cc1C=O.Cn1nc(S(N)(=O)=O)cc1CO. The van der Waals surface area contributed by atoms with Gasteiger partial charge in [0.1, 0.15) is 5.69 Å². The summed E-state index contributed by atoms with van der Waals surface area (Å²) in [5.74, 6) is 0. The van der Waals surface area contributed by atoms with E-state index < -0.39 is 20.0 Å². The zero-order chi connectivity index (χ0) is 18.7. The monoisotopic (exact) mass is 380 g/mol. The molecule has 5 N–H and O–H groups in total. The van der Waals surface area contributed by atoms with Gasteiger partial charge < -0.3 is 5.11 Å². The summed E-state index contributed by atoms with van der Waals surface area (Å²) in [6.45, 7) is -0.265. The van der Waals surface area contributed by atoms with E-state index >= 15 is 0 Å². The van der Waals surface area contributed by atoms with E-state index in [1.165, 1.54) is 24.8 Å². The van der Waals surface area contributed by atoms with Crippen molar-refractivity contribution in [1.29, 1.82) is 0 Å². The molecule has 12 nitrogen and oxygen atoms in total. The number of aromatic nitrogens is 4. The Hall–Kier alpha value is -2.13. The minimum atomic E-state index is -3.81. The third-order valence-electron chi connectivity index (χ3n) is 2.71. The van der Waals surface area contributed by atoms with Gasteiger partial charge in [0.25, 0.3) is 20.0 Å². The molecule has 0 spiro atoms. The molecular weight excluding hydrogens is 364 g/mol. The van der Waals surface area contributed by atoms with Gasteiger partial charge in [0.05, 0.1) is 12.3 Å². The Morgan fingerprint density at radius 3 is 1.75 bits per heavy atom. The van der Waals surface area contributed by atoms with Gasteiger partial charge in [-0.2, -0.15) is 10.2 Å². The average molecular weight is 380 g/mol. The highest BCUT2D eigenvalue weighted by Gasteiger charge is 2.14. The lowest BCUT2D eigenvalue weighted by Crippen LogP contribution is -2.13. The van der Waals surface area contributed by atoms with Crippen LogP contribution < -0.4 is 10.3 Å². The number of nitrogens with two attached hydrogens (primary N) is 2. The minimum Gasteiger partial charge on any atom is -0.390 e. The lowest BCUT2D eigenvalue weighted by atomic mass is 10.5. The highest BCUT2D eigenvalue weighted by molar-refractivity contribution is 7.89. The van der Waals surface area contributed by atoms with E-state index in [1.54, 1.807) is 0 Å². The third-order valence-corrected chi connectivity index (χ3v) is 4.28. The van der Waals surface area contributed by atoms with E-state index in [1.807, 2.05) is 0 Å². The van der Waals surface area contributed by atoms with Gasteiger partial charge in [-0.25, -0.2) is 27.1 Å². The van der Waals surface area contributed by atoms with Gasteiger partial charge in [0.15, 0.2) is 16.3 Å². The molecule has 0 saturated carbocycles. The van der Waals surface area contributed by atoms with E-state index in [2.05, 4.69) is 10.2 Å². The molecule has 0 fully saturated rings. The van der Waals surface area contributed by atoms with Crippen molar-refractivity contribution in [3.05, 3.63) is 23.5 Å². The van der Waals surface area contributed by atoms with Crippen molar-refractivity contribution in [2.45, 2.75) is 16.7 Å². The molecule has 0 radical (unpaired) electrons. The molecule has 0 bridgehead atoms. The van der Waals surface area contributed by atoms with E-state index in [9.17, 15) is 21.6 Å². The van der Waals surface area contributed by atoms with Gasteiger partial charge in [-0.1, -0.05) is 0 Å². The van der Waals surface area contributed by atoms with Gasteiger partial charge in [-0.3, -0.25) is 14.2 Å². The van der Waals surface area contributed by atoms with E-state index in [0.717, 1.165) is 10.7 Å². The van der Waals surface area contributed by atoms with E-state index in [-0.39, 0.29) is 22.4 Å². The van der Waals surface area contributed by atoms with Crippen LogP contribution in [0.25, 0.3) is 0 Å². The number of aldehydes is 1. The highest BCUT2D eigenvalue weighted by Crippen LogP contribution is 2.06. The van der Waals surface area contributed by atoms with Crippen molar-refractivity contribution in [3.63, 3.8) is 0 Å². The van der Waals surface area contributed by atoms with Crippen LogP contribution in [0, 0.1) is 0 Å². The first kappa shape index (κ1) is 19.9. The molecule has 2 heterocycles. The first-order valence-electron chi connectivity index (χ1n) is 6.08. The molecule has 0 amide bonds. The maximum Gasteiger partial charge on any atom is 0.257 e. The van der Waals surface area contributed by atoms with Gasteiger partial charge in [0.2, 0.25) is 0 Å². The summed E-state index contributed by atoms with van der Waals surface area (Å²) in [7, 11) is -4.58. The summed E-state index contributed by atoms with van der Waals surface area (Å²) in [5.41, 5.74) is 0.568. The van der Waals surface area contributed by atoms with Crippen LogP contribution >= 0.6 is 0 Å². The number of aliphatic hydroxyl groups is 1. The number of nitrogens with zero attached hydrogens (tertiary/aromatic N) is 4. The molecule has 2 aromatic heterocycles. The molecule has 0 aliphatic carbocycles. The third kappa shape index (κ3) is 4.93. The largest absolute Gasteiger partial charge is 0.390 e. The summed E-state index contributed by atoms with van der Waals surface area (Å²) in [6, 6.07) is 2.34. The zero-order valence-electron chi connectivity index (χ0n) is 12.7. The number of rotatable bonds is 4. The Labute approximate surface area is 137 Å². The topological polar surface area (TPSA) is 193 Å². The molecule has 0 aromatic carbocycles. The van der Waals surface area contributed by atoms with Crippen molar-refractivity contribution >= 4 is 26.3 Å². The van der Waals surface area contributed by atoms with Crippen molar-refractivity contribution in [3.8, 4) is 0 Å². The number of aliphatic hydroxyl groups excluding tert-OH is 1. The highest BCUT2D eigenvalue weighted by atomic mass is 32.2. The molecule has 0 saturated heterocycles. The maximum atomic E-state index is 10.7. The average Bonchev–Trinajstić information content (AvgIpc) is 3.01. The van der Waals surface area contributed by atoms with Crippen LogP contribution in [0.3, 0.4) is 0 Å². The first-order chi connectivity index (χ1) is 10.9. The van der Waals surface area contributed by atoms with Crippen LogP contribution in [0.4, 0.5) is 0 Å². The van der Waals surface area contributed by atoms with Crippen molar-refractivity contribution in [2.75, 3.05) is 0 Å². The van der Waals surface area contributed by atoms with Gasteiger partial charge in [-0.05, 0) is 0 Å². The van der Waals surface area contributed by atoms with Crippen LogP contribution in [0.15, 0.2) is 22.2 Å². The molecule has 2 aromatic rings. The van der Waals surface area contributed by atoms with Crippen molar-refractivity contribution < 1.29 is 26.7 Å². The van der Waals surface area contributed by atoms with Crippen LogP contribution in [0.5, 0.6) is 0 Å². The molecular formula is C10H16N6O6S2. The predicted molar refractivity (Wildman–Crippen MR) is 80.5 cm³/mol. The number of sulfonamides is 2. The Bertz CT molecular complexity index is 943. The lowest BCUT2D eigenvalue weighted by Gasteiger charge is -1.92. The summed E-state index contributed by atoms with van der Waals surface area (Å²) in [6.07, 6.45) is 0.502. The fourth-order valence-corrected chi connectivity index (χ4v) is 2.53. The van der Waals surface area contributed by atoms with Crippen molar-refractivity contribution in [2.24, 2.45) is 24.4 Å². The second-order valence-electron chi connectivity index (χ2n) is 4.49. The molecule has 14 heteroatoms. The Kier molecular flexibility index (Phi) is 5.96. The van der Waals surface area contributed by atoms with Crippen LogP contribution in [-0.2, 0) is 40.7 Å². The molecule has 24 heavy (non-hydrogen) atoms. The quantitative estimate of drug-likeness (QED) is 0.482. The lowest BCUT2D eigenvalue weighted by molar-refractivity contribution is 0.111. The summed E-state index contributed by atoms with van der Waals surface area (Å²) < 4.78 is 45.3. The summed E-state index contributed by atoms with van der Waals surface area (Å²) in [5, 5.41) is 24.9. The number of hydrogen-bond donors (Lipinski definition) is 3. The zero-order valence-corrected chi connectivity index (χ0v) is 14.3.